The topological polar surface area (TPSA) is 61.9 Å². The molecule has 0 atom stereocenters. The second-order valence-corrected chi connectivity index (χ2v) is 6.14. The van der Waals surface area contributed by atoms with E-state index < -0.39 is 0 Å². The van der Waals surface area contributed by atoms with Gasteiger partial charge < -0.3 is 4.90 Å². The van der Waals surface area contributed by atoms with Crippen LogP contribution in [-0.2, 0) is 24.2 Å². The van der Waals surface area contributed by atoms with Gasteiger partial charge in [-0.1, -0.05) is 18.2 Å². The fourth-order valence-corrected chi connectivity index (χ4v) is 3.17. The van der Waals surface area contributed by atoms with Gasteiger partial charge in [-0.25, -0.2) is 4.39 Å². The molecule has 0 saturated heterocycles. The lowest BCUT2D eigenvalue weighted by molar-refractivity contribution is -0.131. The Kier molecular flexibility index (Phi) is 4.01. The normalized spacial score (nSPS) is 13.6. The second-order valence-electron chi connectivity index (χ2n) is 6.14. The number of halogens is 1. The number of fused-ring (bicyclic) bond motifs is 1. The molecule has 1 aliphatic heterocycles. The summed E-state index contributed by atoms with van der Waals surface area (Å²) < 4.78 is 13.5. The molecule has 5 nitrogen and oxygen atoms in total. The van der Waals surface area contributed by atoms with Gasteiger partial charge in [0, 0.05) is 48.7 Å². The maximum absolute atomic E-state index is 13.5. The first-order valence-corrected chi connectivity index (χ1v) is 8.19. The zero-order chi connectivity index (χ0) is 17.2. The molecule has 3 aromatic rings. The standard InChI is InChI=1S/C19H17FN4O/c20-15-5-1-4-14(10-15)19-16-12-24(8-6-17(16)22-23-19)18(25)9-13-3-2-7-21-11-13/h1-5,7,10-11H,6,8-9,12H2,(H,22,23). The van der Waals surface area contributed by atoms with Gasteiger partial charge in [0.05, 0.1) is 12.1 Å². The largest absolute Gasteiger partial charge is 0.338 e. The van der Waals surface area contributed by atoms with Crippen LogP contribution in [0.4, 0.5) is 4.39 Å². The third kappa shape index (κ3) is 3.15. The summed E-state index contributed by atoms with van der Waals surface area (Å²) in [7, 11) is 0. The molecular weight excluding hydrogens is 319 g/mol. The molecule has 1 amide bonds. The second kappa shape index (κ2) is 6.47. The summed E-state index contributed by atoms with van der Waals surface area (Å²) in [6, 6.07) is 10.1. The van der Waals surface area contributed by atoms with Crippen molar-refractivity contribution in [1.82, 2.24) is 20.1 Å². The zero-order valence-corrected chi connectivity index (χ0v) is 13.6. The Morgan fingerprint density at radius 1 is 1.28 bits per heavy atom. The highest BCUT2D eigenvalue weighted by molar-refractivity contribution is 5.79. The van der Waals surface area contributed by atoms with Gasteiger partial charge in [0.1, 0.15) is 5.82 Å². The summed E-state index contributed by atoms with van der Waals surface area (Å²) in [5.41, 5.74) is 4.32. The van der Waals surface area contributed by atoms with Gasteiger partial charge in [0.15, 0.2) is 0 Å². The van der Waals surface area contributed by atoms with Crippen LogP contribution in [0.1, 0.15) is 16.8 Å². The molecule has 0 bridgehead atoms. The number of H-pyrrole nitrogens is 1. The van der Waals surface area contributed by atoms with Gasteiger partial charge in [-0.3, -0.25) is 14.9 Å². The molecule has 2 aromatic heterocycles. The minimum absolute atomic E-state index is 0.0602. The average Bonchev–Trinajstić information content (AvgIpc) is 3.05. The third-order valence-corrected chi connectivity index (χ3v) is 4.46. The molecule has 1 N–H and O–H groups in total. The van der Waals surface area contributed by atoms with Crippen LogP contribution in [0.15, 0.2) is 48.8 Å². The summed E-state index contributed by atoms with van der Waals surface area (Å²) >= 11 is 0. The maximum Gasteiger partial charge on any atom is 0.227 e. The lowest BCUT2D eigenvalue weighted by Crippen LogP contribution is -2.36. The molecule has 3 heterocycles. The van der Waals surface area contributed by atoms with Crippen LogP contribution in [-0.4, -0.2) is 32.5 Å². The highest BCUT2D eigenvalue weighted by Gasteiger charge is 2.25. The van der Waals surface area contributed by atoms with Crippen LogP contribution in [0, 0.1) is 5.82 Å². The Bertz CT molecular complexity index is 907. The first-order chi connectivity index (χ1) is 12.2. The number of pyridine rings is 1. The summed E-state index contributed by atoms with van der Waals surface area (Å²) in [4.78, 5) is 18.5. The van der Waals surface area contributed by atoms with Crippen LogP contribution in [0.5, 0.6) is 0 Å². The summed E-state index contributed by atoms with van der Waals surface area (Å²) in [5, 5.41) is 7.38. The van der Waals surface area contributed by atoms with Crippen molar-refractivity contribution in [2.45, 2.75) is 19.4 Å². The molecule has 6 heteroatoms. The molecule has 1 aromatic carbocycles. The number of nitrogens with one attached hydrogen (secondary N) is 1. The van der Waals surface area contributed by atoms with Gasteiger partial charge in [0.2, 0.25) is 5.91 Å². The van der Waals surface area contributed by atoms with Gasteiger partial charge in [-0.05, 0) is 23.8 Å². The first kappa shape index (κ1) is 15.5. The minimum Gasteiger partial charge on any atom is -0.338 e. The van der Waals surface area contributed by atoms with E-state index >= 15 is 0 Å². The van der Waals surface area contributed by atoms with E-state index in [4.69, 9.17) is 0 Å². The molecule has 0 spiro atoms. The molecule has 4 rings (SSSR count). The zero-order valence-electron chi connectivity index (χ0n) is 13.6. The molecular formula is C19H17FN4O. The lowest BCUT2D eigenvalue weighted by atomic mass is 10.0. The first-order valence-electron chi connectivity index (χ1n) is 8.19. The predicted molar refractivity (Wildman–Crippen MR) is 91.0 cm³/mol. The summed E-state index contributed by atoms with van der Waals surface area (Å²) in [6.45, 7) is 1.13. The third-order valence-electron chi connectivity index (χ3n) is 4.46. The molecule has 0 fully saturated rings. The molecule has 0 radical (unpaired) electrons. The average molecular weight is 336 g/mol. The summed E-state index contributed by atoms with van der Waals surface area (Å²) in [5.74, 6) is -0.236. The molecule has 25 heavy (non-hydrogen) atoms. The van der Waals surface area contributed by atoms with Crippen molar-refractivity contribution >= 4 is 5.91 Å². The Morgan fingerprint density at radius 3 is 3.00 bits per heavy atom. The number of amides is 1. The van der Waals surface area contributed by atoms with E-state index in [9.17, 15) is 9.18 Å². The van der Waals surface area contributed by atoms with E-state index in [0.29, 0.717) is 25.2 Å². The van der Waals surface area contributed by atoms with Crippen molar-refractivity contribution in [3.63, 3.8) is 0 Å². The van der Waals surface area contributed by atoms with Crippen molar-refractivity contribution < 1.29 is 9.18 Å². The quantitative estimate of drug-likeness (QED) is 0.800. The van der Waals surface area contributed by atoms with Crippen molar-refractivity contribution in [2.75, 3.05) is 6.54 Å². The fourth-order valence-electron chi connectivity index (χ4n) is 3.17. The maximum atomic E-state index is 13.5. The van der Waals surface area contributed by atoms with E-state index in [1.165, 1.54) is 12.1 Å². The number of carbonyl (C=O) groups excluding carboxylic acids is 1. The SMILES string of the molecule is O=C(Cc1cccnc1)N1CCc2[nH]nc(-c3cccc(F)c3)c2C1. The monoisotopic (exact) mass is 336 g/mol. The minimum atomic E-state index is -0.297. The molecule has 126 valence electrons. The molecule has 1 aliphatic rings. The van der Waals surface area contributed by atoms with Gasteiger partial charge in [-0.2, -0.15) is 5.10 Å². The number of benzene rings is 1. The van der Waals surface area contributed by atoms with E-state index in [1.807, 2.05) is 23.1 Å². The number of hydrogen-bond donors (Lipinski definition) is 1. The number of aromatic amines is 1. The molecule has 0 aliphatic carbocycles. The van der Waals surface area contributed by atoms with E-state index in [2.05, 4.69) is 15.2 Å². The van der Waals surface area contributed by atoms with E-state index in [-0.39, 0.29) is 11.7 Å². The number of aromatic nitrogens is 3. The van der Waals surface area contributed by atoms with Crippen LogP contribution in [0.2, 0.25) is 0 Å². The van der Waals surface area contributed by atoms with Crippen molar-refractivity contribution in [3.8, 4) is 11.3 Å². The van der Waals surface area contributed by atoms with Gasteiger partial charge in [0.25, 0.3) is 0 Å². The Labute approximate surface area is 144 Å². The van der Waals surface area contributed by atoms with Crippen molar-refractivity contribution in [3.05, 3.63) is 71.4 Å². The van der Waals surface area contributed by atoms with E-state index in [1.54, 1.807) is 18.5 Å². The lowest BCUT2D eigenvalue weighted by Gasteiger charge is -2.27. The summed E-state index contributed by atoms with van der Waals surface area (Å²) in [6.07, 6.45) is 4.45. The molecule has 0 saturated carbocycles. The van der Waals surface area contributed by atoms with Gasteiger partial charge >= 0.3 is 0 Å². The van der Waals surface area contributed by atoms with Crippen LogP contribution in [0.3, 0.4) is 0 Å². The van der Waals surface area contributed by atoms with Crippen LogP contribution >= 0.6 is 0 Å². The van der Waals surface area contributed by atoms with E-state index in [0.717, 1.165) is 28.8 Å². The Hall–Kier alpha value is -3.02. The number of nitrogens with zero attached hydrogens (tertiary/aromatic N) is 3. The Balaban J connectivity index is 1.56. The number of rotatable bonds is 3. The van der Waals surface area contributed by atoms with Crippen molar-refractivity contribution in [2.24, 2.45) is 0 Å². The number of hydrogen-bond acceptors (Lipinski definition) is 3. The smallest absolute Gasteiger partial charge is 0.227 e. The fraction of sp³-hybridized carbons (Fsp3) is 0.211. The predicted octanol–water partition coefficient (Wildman–Crippen LogP) is 2.74. The van der Waals surface area contributed by atoms with Gasteiger partial charge in [-0.15, -0.1) is 0 Å². The van der Waals surface area contributed by atoms with Crippen LogP contribution < -0.4 is 0 Å². The Morgan fingerprint density at radius 2 is 2.20 bits per heavy atom. The van der Waals surface area contributed by atoms with Crippen LogP contribution in [0.25, 0.3) is 11.3 Å². The van der Waals surface area contributed by atoms with Crippen molar-refractivity contribution in [1.29, 1.82) is 0 Å². The number of carbonyl (C=O) groups is 1. The molecule has 0 unspecified atom stereocenters. The highest BCUT2D eigenvalue weighted by atomic mass is 19.1. The highest BCUT2D eigenvalue weighted by Crippen LogP contribution is 2.29.